The van der Waals surface area contributed by atoms with Crippen LogP contribution in [0.5, 0.6) is 5.75 Å². The molecule has 0 saturated heterocycles. The first kappa shape index (κ1) is 13.6. The van der Waals surface area contributed by atoms with E-state index in [-0.39, 0.29) is 5.78 Å². The third kappa shape index (κ3) is 3.55. The molecule has 0 aliphatic heterocycles. The Morgan fingerprint density at radius 1 is 1.16 bits per heavy atom. The Morgan fingerprint density at radius 2 is 1.89 bits per heavy atom. The minimum absolute atomic E-state index is 0.00691. The fourth-order valence-electron chi connectivity index (χ4n) is 1.66. The summed E-state index contributed by atoms with van der Waals surface area (Å²) in [6, 6.07) is 14.9. The predicted octanol–water partition coefficient (Wildman–Crippen LogP) is 4.35. The minimum Gasteiger partial charge on any atom is -0.496 e. The van der Waals surface area contributed by atoms with Crippen molar-refractivity contribution in [2.24, 2.45) is 0 Å². The van der Waals surface area contributed by atoms with Gasteiger partial charge in [-0.15, -0.1) is 0 Å². The summed E-state index contributed by atoms with van der Waals surface area (Å²) in [5.41, 5.74) is 1.63. The van der Waals surface area contributed by atoms with Crippen LogP contribution in [0.3, 0.4) is 0 Å². The Hall–Kier alpha value is -1.87. The Morgan fingerprint density at radius 3 is 2.53 bits per heavy atom. The van der Waals surface area contributed by atoms with Gasteiger partial charge < -0.3 is 4.74 Å². The fourth-order valence-corrected chi connectivity index (χ4v) is 2.22. The predicted molar refractivity (Wildman–Crippen MR) is 80.5 cm³/mol. The van der Waals surface area contributed by atoms with Crippen LogP contribution in [0.15, 0.2) is 59.1 Å². The second-order valence-corrected chi connectivity index (χ2v) is 4.81. The lowest BCUT2D eigenvalue weighted by Gasteiger charge is -2.03. The van der Waals surface area contributed by atoms with Crippen LogP contribution < -0.4 is 4.74 Å². The standard InChI is InChI=1S/C16H13BrO2/c1-19-16-10-8-12(11-14(16)17)7-9-15(18)13-5-3-2-4-6-13/h2-11H,1H3/b9-7+. The molecule has 0 heterocycles. The minimum atomic E-state index is -0.00691. The van der Waals surface area contributed by atoms with Crippen LogP contribution in [0.1, 0.15) is 15.9 Å². The van der Waals surface area contributed by atoms with Crippen LogP contribution >= 0.6 is 15.9 Å². The molecule has 3 heteroatoms. The van der Waals surface area contributed by atoms with Crippen molar-refractivity contribution in [1.29, 1.82) is 0 Å². The highest BCUT2D eigenvalue weighted by atomic mass is 79.9. The van der Waals surface area contributed by atoms with Gasteiger partial charge in [-0.2, -0.15) is 0 Å². The summed E-state index contributed by atoms with van der Waals surface area (Å²) in [6.45, 7) is 0. The van der Waals surface area contributed by atoms with Gasteiger partial charge in [0.1, 0.15) is 5.75 Å². The van der Waals surface area contributed by atoms with E-state index in [1.165, 1.54) is 0 Å². The smallest absolute Gasteiger partial charge is 0.185 e. The molecule has 0 radical (unpaired) electrons. The van der Waals surface area contributed by atoms with E-state index in [1.54, 1.807) is 31.4 Å². The lowest BCUT2D eigenvalue weighted by Crippen LogP contribution is -1.92. The van der Waals surface area contributed by atoms with E-state index in [4.69, 9.17) is 4.74 Å². The van der Waals surface area contributed by atoms with E-state index in [2.05, 4.69) is 15.9 Å². The van der Waals surface area contributed by atoms with E-state index >= 15 is 0 Å². The van der Waals surface area contributed by atoms with Crippen molar-refractivity contribution in [2.75, 3.05) is 7.11 Å². The molecule has 0 fully saturated rings. The first-order chi connectivity index (χ1) is 9.20. The highest BCUT2D eigenvalue weighted by molar-refractivity contribution is 9.10. The van der Waals surface area contributed by atoms with Crippen molar-refractivity contribution in [3.8, 4) is 5.75 Å². The van der Waals surface area contributed by atoms with Crippen molar-refractivity contribution in [3.05, 3.63) is 70.2 Å². The first-order valence-electron chi connectivity index (χ1n) is 5.81. The molecule has 19 heavy (non-hydrogen) atoms. The van der Waals surface area contributed by atoms with Gasteiger partial charge in [-0.05, 0) is 39.7 Å². The maximum Gasteiger partial charge on any atom is 0.185 e. The second-order valence-electron chi connectivity index (χ2n) is 3.96. The second kappa shape index (κ2) is 6.34. The third-order valence-electron chi connectivity index (χ3n) is 2.66. The molecule has 2 nitrogen and oxygen atoms in total. The van der Waals surface area contributed by atoms with Crippen LogP contribution in [0.2, 0.25) is 0 Å². The van der Waals surface area contributed by atoms with Gasteiger partial charge in [0, 0.05) is 5.56 Å². The molecular weight excluding hydrogens is 304 g/mol. The van der Waals surface area contributed by atoms with Gasteiger partial charge in [0.2, 0.25) is 0 Å². The van der Waals surface area contributed by atoms with E-state index in [9.17, 15) is 4.79 Å². The summed E-state index contributed by atoms with van der Waals surface area (Å²) in [7, 11) is 1.62. The molecule has 0 amide bonds. The molecule has 2 rings (SSSR count). The summed E-state index contributed by atoms with van der Waals surface area (Å²) >= 11 is 3.42. The van der Waals surface area contributed by atoms with Crippen molar-refractivity contribution < 1.29 is 9.53 Å². The number of benzene rings is 2. The van der Waals surface area contributed by atoms with Crippen molar-refractivity contribution in [2.45, 2.75) is 0 Å². The average molecular weight is 317 g/mol. The van der Waals surface area contributed by atoms with Crippen molar-refractivity contribution >= 4 is 27.8 Å². The zero-order chi connectivity index (χ0) is 13.7. The molecule has 0 bridgehead atoms. The van der Waals surface area contributed by atoms with Crippen molar-refractivity contribution in [1.82, 2.24) is 0 Å². The molecule has 0 spiro atoms. The number of carbonyl (C=O) groups excluding carboxylic acids is 1. The monoisotopic (exact) mass is 316 g/mol. The normalized spacial score (nSPS) is 10.6. The Kier molecular flexibility index (Phi) is 4.53. The maximum absolute atomic E-state index is 11.9. The quantitative estimate of drug-likeness (QED) is 0.619. The van der Waals surface area contributed by atoms with Crippen LogP contribution in [0.25, 0.3) is 6.08 Å². The third-order valence-corrected chi connectivity index (χ3v) is 3.28. The van der Waals surface area contributed by atoms with Gasteiger partial charge in [0.15, 0.2) is 5.78 Å². The van der Waals surface area contributed by atoms with Crippen LogP contribution in [-0.4, -0.2) is 12.9 Å². The Bertz CT molecular complexity index is 603. The first-order valence-corrected chi connectivity index (χ1v) is 6.61. The number of hydrogen-bond donors (Lipinski definition) is 0. The van der Waals surface area contributed by atoms with Gasteiger partial charge in [0.05, 0.1) is 11.6 Å². The van der Waals surface area contributed by atoms with Gasteiger partial charge in [-0.3, -0.25) is 4.79 Å². The van der Waals surface area contributed by atoms with Crippen LogP contribution in [0.4, 0.5) is 0 Å². The van der Waals surface area contributed by atoms with E-state index < -0.39 is 0 Å². The summed E-state index contributed by atoms with van der Waals surface area (Å²) in [5.74, 6) is 0.763. The Balaban J connectivity index is 2.15. The summed E-state index contributed by atoms with van der Waals surface area (Å²) in [6.07, 6.45) is 3.36. The number of rotatable bonds is 4. The molecule has 2 aromatic rings. The zero-order valence-electron chi connectivity index (χ0n) is 10.5. The highest BCUT2D eigenvalue weighted by Crippen LogP contribution is 2.26. The molecule has 0 aliphatic rings. The average Bonchev–Trinajstić information content (AvgIpc) is 2.46. The number of halogens is 1. The number of ketones is 1. The van der Waals surface area contributed by atoms with Crippen LogP contribution in [-0.2, 0) is 0 Å². The van der Waals surface area contributed by atoms with Gasteiger partial charge in [0.25, 0.3) is 0 Å². The zero-order valence-corrected chi connectivity index (χ0v) is 12.1. The van der Waals surface area contributed by atoms with E-state index in [0.29, 0.717) is 5.56 Å². The van der Waals surface area contributed by atoms with Crippen molar-refractivity contribution in [3.63, 3.8) is 0 Å². The van der Waals surface area contributed by atoms with Crippen LogP contribution in [0, 0.1) is 0 Å². The highest BCUT2D eigenvalue weighted by Gasteiger charge is 2.01. The molecule has 96 valence electrons. The van der Waals surface area contributed by atoms with E-state index in [0.717, 1.165) is 15.8 Å². The Labute approximate surface area is 120 Å². The number of methoxy groups -OCH3 is 1. The number of allylic oxidation sites excluding steroid dienone is 1. The molecular formula is C16H13BrO2. The van der Waals surface area contributed by atoms with E-state index in [1.807, 2.05) is 36.4 Å². The molecule has 2 aromatic carbocycles. The SMILES string of the molecule is COc1ccc(/C=C/C(=O)c2ccccc2)cc1Br. The molecule has 0 aliphatic carbocycles. The molecule has 0 N–H and O–H groups in total. The topological polar surface area (TPSA) is 26.3 Å². The van der Waals surface area contributed by atoms with Gasteiger partial charge in [-0.1, -0.05) is 42.5 Å². The fraction of sp³-hybridized carbons (Fsp3) is 0.0625. The van der Waals surface area contributed by atoms with Gasteiger partial charge in [-0.25, -0.2) is 0 Å². The lowest BCUT2D eigenvalue weighted by atomic mass is 10.1. The molecule has 0 saturated carbocycles. The number of hydrogen-bond acceptors (Lipinski definition) is 2. The summed E-state index contributed by atoms with van der Waals surface area (Å²) in [5, 5.41) is 0. The molecule has 0 unspecified atom stereocenters. The maximum atomic E-state index is 11.9. The summed E-state index contributed by atoms with van der Waals surface area (Å²) < 4.78 is 6.02. The largest absolute Gasteiger partial charge is 0.496 e. The summed E-state index contributed by atoms with van der Waals surface area (Å²) in [4.78, 5) is 11.9. The van der Waals surface area contributed by atoms with Gasteiger partial charge >= 0.3 is 0 Å². The molecule has 0 aromatic heterocycles. The lowest BCUT2D eigenvalue weighted by molar-refractivity contribution is 0.104. The number of carbonyl (C=O) groups is 1. The molecule has 0 atom stereocenters. The number of ether oxygens (including phenoxy) is 1.